The third-order valence-corrected chi connectivity index (χ3v) is 9.03. The van der Waals surface area contributed by atoms with Crippen LogP contribution in [0.25, 0.3) is 0 Å². The van der Waals surface area contributed by atoms with Gasteiger partial charge in [-0.05, 0) is 52.0 Å². The fourth-order valence-electron chi connectivity index (χ4n) is 6.81. The number of rotatable bonds is 7. The highest BCUT2D eigenvalue weighted by Gasteiger charge is 2.74. The van der Waals surface area contributed by atoms with E-state index in [9.17, 15) is 39.6 Å². The van der Waals surface area contributed by atoms with E-state index in [1.807, 2.05) is 0 Å². The summed E-state index contributed by atoms with van der Waals surface area (Å²) in [5, 5.41) is 39.3. The number of hydrogen-bond donors (Lipinski definition) is 4. The van der Waals surface area contributed by atoms with Gasteiger partial charge in [-0.3, -0.25) is 9.59 Å². The van der Waals surface area contributed by atoms with Crippen LogP contribution >= 0.6 is 0 Å². The van der Waals surface area contributed by atoms with Gasteiger partial charge < -0.3 is 44.1 Å². The summed E-state index contributed by atoms with van der Waals surface area (Å²) in [5.74, 6) is -2.97. The maximum absolute atomic E-state index is 13.7. The molecule has 2 aliphatic carbocycles. The lowest BCUT2D eigenvalue weighted by Crippen LogP contribution is -2.65. The van der Waals surface area contributed by atoms with Gasteiger partial charge in [-0.15, -0.1) is 0 Å². The molecule has 0 aromatic carbocycles. The van der Waals surface area contributed by atoms with Gasteiger partial charge in [0.2, 0.25) is 6.29 Å². The molecular weight excluding hydrogens is 556 g/mol. The molecule has 0 radical (unpaired) electrons. The lowest BCUT2D eigenvalue weighted by molar-refractivity contribution is -0.291. The molecule has 2 bridgehead atoms. The van der Waals surface area contributed by atoms with Crippen LogP contribution in [-0.2, 0) is 42.9 Å². The first-order valence-electron chi connectivity index (χ1n) is 13.8. The molecular formula is C29H38O13. The number of methoxy groups -OCH3 is 1. The lowest BCUT2D eigenvalue weighted by Gasteiger charge is -2.54. The quantitative estimate of drug-likeness (QED) is 0.135. The largest absolute Gasteiger partial charge is 0.466 e. The molecule has 42 heavy (non-hydrogen) atoms. The van der Waals surface area contributed by atoms with Gasteiger partial charge in [0.1, 0.15) is 41.0 Å². The van der Waals surface area contributed by atoms with Gasteiger partial charge in [0.25, 0.3) is 0 Å². The van der Waals surface area contributed by atoms with E-state index >= 15 is 0 Å². The van der Waals surface area contributed by atoms with Crippen molar-refractivity contribution in [1.29, 1.82) is 0 Å². The Morgan fingerprint density at radius 2 is 1.83 bits per heavy atom. The van der Waals surface area contributed by atoms with Crippen LogP contribution in [0.5, 0.6) is 0 Å². The number of hydrogen-bond acceptors (Lipinski definition) is 13. The normalized spacial score (nSPS) is 40.0. The van der Waals surface area contributed by atoms with Gasteiger partial charge in [-0.2, -0.15) is 0 Å². The SMILES string of the molecule is COC(=O)C1=CC[C@@]23CC[C@@H]([C@@](C)(/C=C/C=C(\C)C(=O)OC4O[C@H](CO)[C@@H](O)[C@H](O)[C@H]4O)OC2=O)[C@@]3(OC(C)=O)CC1. The van der Waals surface area contributed by atoms with E-state index in [0.29, 0.717) is 18.4 Å². The molecule has 13 nitrogen and oxygen atoms in total. The van der Waals surface area contributed by atoms with Crippen LogP contribution in [0, 0.1) is 11.3 Å². The molecule has 13 heteroatoms. The zero-order valence-electron chi connectivity index (χ0n) is 24.0. The summed E-state index contributed by atoms with van der Waals surface area (Å²) in [6, 6.07) is 0. The van der Waals surface area contributed by atoms with Crippen molar-refractivity contribution in [2.24, 2.45) is 11.3 Å². The van der Waals surface area contributed by atoms with E-state index in [0.717, 1.165) is 0 Å². The van der Waals surface area contributed by atoms with E-state index in [-0.39, 0.29) is 24.8 Å². The van der Waals surface area contributed by atoms with Crippen molar-refractivity contribution >= 4 is 23.9 Å². The van der Waals surface area contributed by atoms with Crippen molar-refractivity contribution < 1.29 is 63.3 Å². The summed E-state index contributed by atoms with van der Waals surface area (Å²) in [4.78, 5) is 51.1. The Bertz CT molecular complexity index is 1200. The van der Waals surface area contributed by atoms with Crippen LogP contribution in [0.15, 0.2) is 35.5 Å². The fraction of sp³-hybridized carbons (Fsp3) is 0.655. The number of carbonyl (C=O) groups is 4. The summed E-state index contributed by atoms with van der Waals surface area (Å²) < 4.78 is 27.3. The minimum absolute atomic E-state index is 0.0609. The molecule has 0 spiro atoms. The van der Waals surface area contributed by atoms with Crippen molar-refractivity contribution in [3.8, 4) is 0 Å². The maximum atomic E-state index is 13.7. The van der Waals surface area contributed by atoms with Crippen LogP contribution in [0.1, 0.15) is 52.9 Å². The molecule has 2 saturated heterocycles. The molecule has 3 fully saturated rings. The topological polar surface area (TPSA) is 195 Å². The highest BCUT2D eigenvalue weighted by molar-refractivity contribution is 5.90. The van der Waals surface area contributed by atoms with E-state index in [2.05, 4.69) is 0 Å². The molecule has 0 aromatic rings. The molecule has 232 valence electrons. The summed E-state index contributed by atoms with van der Waals surface area (Å²) in [6.07, 6.45) is -0.247. The Hall–Kier alpha value is -3.10. The third kappa shape index (κ3) is 5.28. The summed E-state index contributed by atoms with van der Waals surface area (Å²) in [6.45, 7) is 3.73. The smallest absolute Gasteiger partial charge is 0.336 e. The molecule has 9 atom stereocenters. The van der Waals surface area contributed by atoms with Crippen LogP contribution in [0.3, 0.4) is 0 Å². The van der Waals surface area contributed by atoms with E-state index in [4.69, 9.17) is 23.7 Å². The molecule has 4 rings (SSSR count). The van der Waals surface area contributed by atoms with Gasteiger partial charge >= 0.3 is 23.9 Å². The number of carbonyl (C=O) groups excluding carboxylic acids is 4. The summed E-state index contributed by atoms with van der Waals surface area (Å²) in [7, 11) is 1.28. The second kappa shape index (κ2) is 11.9. The molecule has 4 aliphatic rings. The minimum atomic E-state index is -1.75. The number of ether oxygens (including phenoxy) is 5. The molecule has 1 unspecified atom stereocenters. The first-order chi connectivity index (χ1) is 19.7. The number of allylic oxidation sites excluding steroid dienone is 3. The third-order valence-electron chi connectivity index (χ3n) is 9.03. The van der Waals surface area contributed by atoms with E-state index in [1.54, 1.807) is 19.1 Å². The van der Waals surface area contributed by atoms with E-state index in [1.165, 1.54) is 33.1 Å². The Kier molecular flexibility index (Phi) is 9.00. The lowest BCUT2D eigenvalue weighted by atomic mass is 9.62. The molecule has 0 amide bonds. The highest BCUT2D eigenvalue weighted by Crippen LogP contribution is 2.65. The minimum Gasteiger partial charge on any atom is -0.466 e. The predicted molar refractivity (Wildman–Crippen MR) is 141 cm³/mol. The van der Waals surface area contributed by atoms with Crippen LogP contribution < -0.4 is 0 Å². The number of aliphatic hydroxyl groups excluding tert-OH is 4. The zero-order valence-corrected chi connectivity index (χ0v) is 24.0. The van der Waals surface area contributed by atoms with Crippen LogP contribution in [0.2, 0.25) is 0 Å². The van der Waals surface area contributed by atoms with Gasteiger partial charge in [0.15, 0.2) is 0 Å². The van der Waals surface area contributed by atoms with Crippen molar-refractivity contribution in [3.63, 3.8) is 0 Å². The number of aliphatic hydroxyl groups is 4. The fourth-order valence-corrected chi connectivity index (χ4v) is 6.81. The van der Waals surface area contributed by atoms with Gasteiger partial charge in [0, 0.05) is 24.0 Å². The Balaban J connectivity index is 1.56. The van der Waals surface area contributed by atoms with Gasteiger partial charge in [-0.25, -0.2) is 9.59 Å². The number of cyclic esters (lactones) is 1. The molecule has 0 aromatic heterocycles. The highest BCUT2D eigenvalue weighted by atomic mass is 16.7. The van der Waals surface area contributed by atoms with Crippen molar-refractivity contribution in [3.05, 3.63) is 35.5 Å². The average Bonchev–Trinajstić information content (AvgIpc) is 3.09. The van der Waals surface area contributed by atoms with E-state index < -0.39 is 83.7 Å². The second-order valence-corrected chi connectivity index (χ2v) is 11.5. The first kappa shape index (κ1) is 31.8. The maximum Gasteiger partial charge on any atom is 0.336 e. The zero-order chi connectivity index (χ0) is 31.0. The Morgan fingerprint density at radius 1 is 1.12 bits per heavy atom. The summed E-state index contributed by atoms with van der Waals surface area (Å²) in [5.41, 5.74) is -3.17. The monoisotopic (exact) mass is 594 g/mol. The standard InChI is InChI=1S/C29H38O13/c1-15(23(35)40-25-22(34)21(33)20(32)18(14-30)39-25)6-5-10-27(3)19-9-12-28(26(37)42-27)11-7-17(24(36)38-4)8-13-29(19,28)41-16(2)31/h5-7,10,18-22,25,30,32-34H,8-9,11-14H2,1-4H3/b10-5+,15-6+/t18-,19+,20-,21+,22-,25?,27-,28-,29+/m1/s1. The van der Waals surface area contributed by atoms with Gasteiger partial charge in [0.05, 0.1) is 13.7 Å². The Labute approximate surface area is 242 Å². The summed E-state index contributed by atoms with van der Waals surface area (Å²) >= 11 is 0. The first-order valence-corrected chi connectivity index (χ1v) is 13.8. The Morgan fingerprint density at radius 3 is 2.48 bits per heavy atom. The van der Waals surface area contributed by atoms with Crippen molar-refractivity contribution in [2.75, 3.05) is 13.7 Å². The molecule has 4 N–H and O–H groups in total. The van der Waals surface area contributed by atoms with Crippen molar-refractivity contribution in [1.82, 2.24) is 0 Å². The number of esters is 4. The van der Waals surface area contributed by atoms with Crippen LogP contribution in [0.4, 0.5) is 0 Å². The molecule has 1 saturated carbocycles. The predicted octanol–water partition coefficient (Wildman–Crippen LogP) is 0.129. The van der Waals surface area contributed by atoms with Gasteiger partial charge in [-0.1, -0.05) is 18.2 Å². The average molecular weight is 595 g/mol. The molecule has 2 aliphatic heterocycles. The second-order valence-electron chi connectivity index (χ2n) is 11.5. The van der Waals surface area contributed by atoms with Crippen molar-refractivity contribution in [2.45, 2.75) is 94.8 Å². The molecule has 2 heterocycles. The van der Waals surface area contributed by atoms with Crippen LogP contribution in [-0.4, -0.2) is 99.9 Å².